The molecule has 0 saturated carbocycles. The minimum absolute atomic E-state index is 0.0205. The standard InChI is InChI=1S/C8H15NO3S/c1-6(2)9-7(10)3-4-13-5-8(11)12/h6H,3-5H2,1-2H3,(H,9,10)(H,11,12). The number of amides is 1. The molecule has 0 aromatic carbocycles. The van der Waals surface area contributed by atoms with Crippen LogP contribution in [0.4, 0.5) is 0 Å². The van der Waals surface area contributed by atoms with Crippen LogP contribution in [0.15, 0.2) is 0 Å². The van der Waals surface area contributed by atoms with Gasteiger partial charge in [-0.15, -0.1) is 11.8 Å². The molecule has 0 atom stereocenters. The first-order valence-electron chi connectivity index (χ1n) is 4.11. The second-order valence-electron chi connectivity index (χ2n) is 2.92. The Morgan fingerprint density at radius 2 is 2.08 bits per heavy atom. The Bertz CT molecular complexity index is 182. The molecule has 0 heterocycles. The van der Waals surface area contributed by atoms with Crippen molar-refractivity contribution < 1.29 is 14.7 Å². The van der Waals surface area contributed by atoms with Crippen molar-refractivity contribution in [3.05, 3.63) is 0 Å². The summed E-state index contributed by atoms with van der Waals surface area (Å²) in [6, 6.07) is 0.150. The molecule has 0 spiro atoms. The molecule has 0 aromatic rings. The third kappa shape index (κ3) is 9.20. The van der Waals surface area contributed by atoms with Crippen LogP contribution in [-0.2, 0) is 9.59 Å². The van der Waals surface area contributed by atoms with Crippen molar-refractivity contribution in [2.75, 3.05) is 11.5 Å². The summed E-state index contributed by atoms with van der Waals surface area (Å²) in [6.45, 7) is 3.78. The third-order valence-corrected chi connectivity index (χ3v) is 2.09. The average molecular weight is 205 g/mol. The van der Waals surface area contributed by atoms with Crippen molar-refractivity contribution in [3.8, 4) is 0 Å². The molecular weight excluding hydrogens is 190 g/mol. The maximum absolute atomic E-state index is 11.0. The van der Waals surface area contributed by atoms with Crippen molar-refractivity contribution in [2.24, 2.45) is 0 Å². The normalized spacial score (nSPS) is 10.1. The highest BCUT2D eigenvalue weighted by atomic mass is 32.2. The van der Waals surface area contributed by atoms with Gasteiger partial charge in [-0.05, 0) is 13.8 Å². The highest BCUT2D eigenvalue weighted by Gasteiger charge is 2.03. The molecule has 0 aliphatic rings. The first-order chi connectivity index (χ1) is 6.02. The molecule has 76 valence electrons. The van der Waals surface area contributed by atoms with Gasteiger partial charge in [0.15, 0.2) is 0 Å². The lowest BCUT2D eigenvalue weighted by Gasteiger charge is -2.07. The fourth-order valence-electron chi connectivity index (χ4n) is 0.718. The van der Waals surface area contributed by atoms with Crippen LogP contribution in [0.2, 0.25) is 0 Å². The summed E-state index contributed by atoms with van der Waals surface area (Å²) in [4.78, 5) is 21.1. The highest BCUT2D eigenvalue weighted by molar-refractivity contribution is 7.99. The maximum Gasteiger partial charge on any atom is 0.313 e. The Morgan fingerprint density at radius 1 is 1.46 bits per heavy atom. The van der Waals surface area contributed by atoms with Gasteiger partial charge in [-0.1, -0.05) is 0 Å². The van der Waals surface area contributed by atoms with Gasteiger partial charge in [-0.2, -0.15) is 0 Å². The largest absolute Gasteiger partial charge is 0.481 e. The Morgan fingerprint density at radius 3 is 2.54 bits per heavy atom. The minimum atomic E-state index is -0.839. The molecule has 4 nitrogen and oxygen atoms in total. The lowest BCUT2D eigenvalue weighted by Crippen LogP contribution is -2.30. The predicted octanol–water partition coefficient (Wildman–Crippen LogP) is 0.719. The van der Waals surface area contributed by atoms with Gasteiger partial charge in [-0.25, -0.2) is 0 Å². The number of carboxylic acid groups (broad SMARTS) is 1. The Hall–Kier alpha value is -0.710. The number of hydrogen-bond acceptors (Lipinski definition) is 3. The quantitative estimate of drug-likeness (QED) is 0.627. The highest BCUT2D eigenvalue weighted by Crippen LogP contribution is 2.01. The summed E-state index contributed by atoms with van der Waals surface area (Å²) in [6.07, 6.45) is 0.385. The van der Waals surface area contributed by atoms with Crippen LogP contribution in [0, 0.1) is 0 Å². The molecule has 0 saturated heterocycles. The summed E-state index contributed by atoms with van der Waals surface area (Å²) < 4.78 is 0. The van der Waals surface area contributed by atoms with Crippen LogP contribution in [0.1, 0.15) is 20.3 Å². The zero-order valence-corrected chi connectivity index (χ0v) is 8.69. The van der Waals surface area contributed by atoms with Crippen molar-refractivity contribution in [2.45, 2.75) is 26.3 Å². The number of rotatable bonds is 6. The topological polar surface area (TPSA) is 66.4 Å². The fourth-order valence-corrected chi connectivity index (χ4v) is 1.37. The smallest absolute Gasteiger partial charge is 0.313 e. The van der Waals surface area contributed by atoms with Gasteiger partial charge in [0, 0.05) is 18.2 Å². The van der Waals surface area contributed by atoms with E-state index in [1.807, 2.05) is 13.8 Å². The van der Waals surface area contributed by atoms with Crippen molar-refractivity contribution in [1.82, 2.24) is 5.32 Å². The number of carbonyl (C=O) groups is 2. The first-order valence-corrected chi connectivity index (χ1v) is 5.26. The molecule has 0 aromatic heterocycles. The molecule has 5 heteroatoms. The summed E-state index contributed by atoms with van der Waals surface area (Å²) in [5.74, 6) is -0.234. The van der Waals surface area contributed by atoms with E-state index in [2.05, 4.69) is 5.32 Å². The van der Waals surface area contributed by atoms with E-state index < -0.39 is 5.97 Å². The zero-order valence-electron chi connectivity index (χ0n) is 7.87. The second-order valence-corrected chi connectivity index (χ2v) is 4.02. The summed E-state index contributed by atoms with van der Waals surface area (Å²) in [5.41, 5.74) is 0. The van der Waals surface area contributed by atoms with E-state index in [1.165, 1.54) is 11.8 Å². The molecule has 0 aliphatic heterocycles. The van der Waals surface area contributed by atoms with E-state index in [-0.39, 0.29) is 17.7 Å². The van der Waals surface area contributed by atoms with E-state index in [0.717, 1.165) is 0 Å². The van der Waals surface area contributed by atoms with E-state index >= 15 is 0 Å². The Balaban J connectivity index is 3.32. The van der Waals surface area contributed by atoms with Crippen molar-refractivity contribution >= 4 is 23.6 Å². The molecule has 0 aliphatic carbocycles. The zero-order chi connectivity index (χ0) is 10.3. The molecule has 1 amide bonds. The fraction of sp³-hybridized carbons (Fsp3) is 0.750. The maximum atomic E-state index is 11.0. The van der Waals surface area contributed by atoms with Gasteiger partial charge in [0.2, 0.25) is 5.91 Å². The molecule has 0 rings (SSSR count). The number of hydrogen-bond donors (Lipinski definition) is 2. The van der Waals surface area contributed by atoms with Crippen molar-refractivity contribution in [3.63, 3.8) is 0 Å². The molecule has 0 radical (unpaired) electrons. The molecule has 0 bridgehead atoms. The summed E-state index contributed by atoms with van der Waals surface area (Å²) >= 11 is 1.26. The van der Waals surface area contributed by atoms with E-state index in [4.69, 9.17) is 5.11 Å². The van der Waals surface area contributed by atoms with Gasteiger partial charge in [0.25, 0.3) is 0 Å². The van der Waals surface area contributed by atoms with Gasteiger partial charge in [0.1, 0.15) is 0 Å². The van der Waals surface area contributed by atoms with E-state index in [9.17, 15) is 9.59 Å². The third-order valence-electron chi connectivity index (χ3n) is 1.15. The predicted molar refractivity (Wildman–Crippen MR) is 52.9 cm³/mol. The number of nitrogens with one attached hydrogen (secondary N) is 1. The Labute approximate surface area is 82.1 Å². The molecule has 13 heavy (non-hydrogen) atoms. The van der Waals surface area contributed by atoms with E-state index in [1.54, 1.807) is 0 Å². The number of carboxylic acids is 1. The monoisotopic (exact) mass is 205 g/mol. The number of carbonyl (C=O) groups excluding carboxylic acids is 1. The van der Waals surface area contributed by atoms with E-state index in [0.29, 0.717) is 12.2 Å². The first kappa shape index (κ1) is 12.3. The van der Waals surface area contributed by atoms with Crippen LogP contribution in [0.3, 0.4) is 0 Å². The average Bonchev–Trinajstić information content (AvgIpc) is 1.96. The Kier molecular flexibility index (Phi) is 6.40. The van der Waals surface area contributed by atoms with Crippen LogP contribution >= 0.6 is 11.8 Å². The lowest BCUT2D eigenvalue weighted by molar-refractivity contribution is -0.134. The molecule has 0 unspecified atom stereocenters. The lowest BCUT2D eigenvalue weighted by atomic mass is 10.3. The SMILES string of the molecule is CC(C)NC(=O)CCSCC(=O)O. The van der Waals surface area contributed by atoms with Crippen molar-refractivity contribution in [1.29, 1.82) is 0 Å². The van der Waals surface area contributed by atoms with Gasteiger partial charge >= 0.3 is 5.97 Å². The second kappa shape index (κ2) is 6.77. The van der Waals surface area contributed by atoms with Crippen LogP contribution in [-0.4, -0.2) is 34.5 Å². The minimum Gasteiger partial charge on any atom is -0.481 e. The summed E-state index contributed by atoms with van der Waals surface area (Å²) in [7, 11) is 0. The summed E-state index contributed by atoms with van der Waals surface area (Å²) in [5, 5.41) is 11.0. The van der Waals surface area contributed by atoms with Gasteiger partial charge in [-0.3, -0.25) is 9.59 Å². The van der Waals surface area contributed by atoms with Gasteiger partial charge in [0.05, 0.1) is 5.75 Å². The van der Waals surface area contributed by atoms with Crippen LogP contribution in [0.25, 0.3) is 0 Å². The number of aliphatic carboxylic acids is 1. The molecular formula is C8H15NO3S. The number of thioether (sulfide) groups is 1. The molecule has 2 N–H and O–H groups in total. The van der Waals surface area contributed by atoms with Crippen LogP contribution < -0.4 is 5.32 Å². The van der Waals surface area contributed by atoms with Gasteiger partial charge < -0.3 is 10.4 Å². The molecule has 0 fully saturated rings. The van der Waals surface area contributed by atoms with Crippen LogP contribution in [0.5, 0.6) is 0 Å².